The molecule has 1 aromatic carbocycles. The Labute approximate surface area is 79.7 Å². The van der Waals surface area contributed by atoms with E-state index in [-0.39, 0.29) is 6.04 Å². The highest BCUT2D eigenvalue weighted by Crippen LogP contribution is 2.12. The summed E-state index contributed by atoms with van der Waals surface area (Å²) in [4.78, 5) is 0. The fourth-order valence-electron chi connectivity index (χ4n) is 1.05. The predicted octanol–water partition coefficient (Wildman–Crippen LogP) is 1.98. The van der Waals surface area contributed by atoms with E-state index in [2.05, 4.69) is 19.1 Å². The fourth-order valence-corrected chi connectivity index (χ4v) is 1.05. The number of hydrogen-bond donors (Lipinski definition) is 1. The zero-order valence-corrected chi connectivity index (χ0v) is 8.29. The number of nitrogens with two attached hydrogens (primary N) is 1. The maximum atomic E-state index is 5.57. The topological polar surface area (TPSA) is 35.2 Å². The molecule has 0 radical (unpaired) electrons. The zero-order valence-electron chi connectivity index (χ0n) is 8.29. The van der Waals surface area contributed by atoms with Gasteiger partial charge in [-0.1, -0.05) is 19.1 Å². The molecule has 0 saturated carbocycles. The third-order valence-electron chi connectivity index (χ3n) is 1.84. The minimum atomic E-state index is 0.0888. The first-order chi connectivity index (χ1) is 6.22. The van der Waals surface area contributed by atoms with Gasteiger partial charge in [0.15, 0.2) is 0 Å². The summed E-state index contributed by atoms with van der Waals surface area (Å²) in [7, 11) is 0. The lowest BCUT2D eigenvalue weighted by molar-refractivity contribution is 0.296. The molecule has 0 aliphatic rings. The number of hydrogen-bond acceptors (Lipinski definition) is 2. The molecule has 0 aromatic heterocycles. The monoisotopic (exact) mass is 179 g/mol. The van der Waals surface area contributed by atoms with Crippen LogP contribution in [0.25, 0.3) is 0 Å². The predicted molar refractivity (Wildman–Crippen MR) is 55.0 cm³/mol. The molecule has 1 aromatic rings. The minimum absolute atomic E-state index is 0.0888. The van der Waals surface area contributed by atoms with Crippen LogP contribution in [0.15, 0.2) is 24.3 Å². The molecule has 0 aliphatic heterocycles. The van der Waals surface area contributed by atoms with Crippen molar-refractivity contribution < 1.29 is 4.74 Å². The van der Waals surface area contributed by atoms with Crippen LogP contribution < -0.4 is 10.5 Å². The van der Waals surface area contributed by atoms with Crippen molar-refractivity contribution >= 4 is 0 Å². The van der Waals surface area contributed by atoms with E-state index in [1.165, 1.54) is 5.56 Å². The molecule has 0 aliphatic carbocycles. The second-order valence-corrected chi connectivity index (χ2v) is 3.29. The smallest absolute Gasteiger partial charge is 0.119 e. The summed E-state index contributed by atoms with van der Waals surface area (Å²) in [5.74, 6) is 0.898. The van der Waals surface area contributed by atoms with E-state index in [9.17, 15) is 0 Å². The molecule has 1 atom stereocenters. The van der Waals surface area contributed by atoms with Crippen LogP contribution in [-0.4, -0.2) is 12.6 Å². The van der Waals surface area contributed by atoms with Gasteiger partial charge in [-0.05, 0) is 31.0 Å². The van der Waals surface area contributed by atoms with Gasteiger partial charge in [-0.2, -0.15) is 0 Å². The van der Waals surface area contributed by atoms with Gasteiger partial charge in [0.1, 0.15) is 12.4 Å². The summed E-state index contributed by atoms with van der Waals surface area (Å²) in [6.45, 7) is 4.64. The van der Waals surface area contributed by atoms with E-state index in [0.29, 0.717) is 6.61 Å². The van der Waals surface area contributed by atoms with E-state index < -0.39 is 0 Å². The van der Waals surface area contributed by atoms with Gasteiger partial charge in [-0.3, -0.25) is 0 Å². The average Bonchev–Trinajstić information content (AvgIpc) is 2.15. The molecular weight excluding hydrogens is 162 g/mol. The fraction of sp³-hybridized carbons (Fsp3) is 0.455. The molecule has 2 N–H and O–H groups in total. The van der Waals surface area contributed by atoms with Gasteiger partial charge in [-0.25, -0.2) is 0 Å². The normalized spacial score (nSPS) is 12.5. The van der Waals surface area contributed by atoms with Crippen LogP contribution >= 0.6 is 0 Å². The first-order valence-electron chi connectivity index (χ1n) is 4.69. The van der Waals surface area contributed by atoms with E-state index in [4.69, 9.17) is 10.5 Å². The maximum Gasteiger partial charge on any atom is 0.119 e. The van der Waals surface area contributed by atoms with E-state index in [1.807, 2.05) is 19.1 Å². The van der Waals surface area contributed by atoms with E-state index >= 15 is 0 Å². The third kappa shape index (κ3) is 3.47. The Bertz CT molecular complexity index is 241. The Morgan fingerprint density at radius 3 is 2.38 bits per heavy atom. The highest BCUT2D eigenvalue weighted by Gasteiger charge is 1.96. The summed E-state index contributed by atoms with van der Waals surface area (Å²) in [5, 5.41) is 0. The van der Waals surface area contributed by atoms with Crippen molar-refractivity contribution in [3.05, 3.63) is 29.8 Å². The lowest BCUT2D eigenvalue weighted by Gasteiger charge is -2.08. The van der Waals surface area contributed by atoms with Gasteiger partial charge in [0.2, 0.25) is 0 Å². The SMILES string of the molecule is CCc1ccc(OC[C@H](C)N)cc1. The van der Waals surface area contributed by atoms with Gasteiger partial charge in [0, 0.05) is 6.04 Å². The van der Waals surface area contributed by atoms with Crippen LogP contribution in [-0.2, 0) is 6.42 Å². The molecule has 2 nitrogen and oxygen atoms in total. The van der Waals surface area contributed by atoms with Crippen LogP contribution in [0.5, 0.6) is 5.75 Å². The van der Waals surface area contributed by atoms with Crippen LogP contribution in [0.3, 0.4) is 0 Å². The third-order valence-corrected chi connectivity index (χ3v) is 1.84. The maximum absolute atomic E-state index is 5.57. The van der Waals surface area contributed by atoms with Crippen molar-refractivity contribution in [3.63, 3.8) is 0 Å². The van der Waals surface area contributed by atoms with Crippen LogP contribution in [0, 0.1) is 0 Å². The molecule has 0 spiro atoms. The summed E-state index contributed by atoms with van der Waals surface area (Å²) in [6, 6.07) is 8.22. The van der Waals surface area contributed by atoms with Crippen LogP contribution in [0.2, 0.25) is 0 Å². The summed E-state index contributed by atoms with van der Waals surface area (Å²) in [6.07, 6.45) is 1.06. The van der Waals surface area contributed by atoms with Gasteiger partial charge in [0.25, 0.3) is 0 Å². The largest absolute Gasteiger partial charge is 0.492 e. The molecule has 13 heavy (non-hydrogen) atoms. The zero-order chi connectivity index (χ0) is 9.68. The minimum Gasteiger partial charge on any atom is -0.492 e. The highest BCUT2D eigenvalue weighted by molar-refractivity contribution is 5.27. The first kappa shape index (κ1) is 10.1. The molecular formula is C11H17NO. The van der Waals surface area contributed by atoms with E-state index in [0.717, 1.165) is 12.2 Å². The molecule has 0 amide bonds. The molecule has 0 fully saturated rings. The molecule has 0 heterocycles. The highest BCUT2D eigenvalue weighted by atomic mass is 16.5. The van der Waals surface area contributed by atoms with E-state index in [1.54, 1.807) is 0 Å². The molecule has 0 saturated heterocycles. The van der Waals surface area contributed by atoms with Crippen molar-refractivity contribution in [3.8, 4) is 5.75 Å². The van der Waals surface area contributed by atoms with Crippen LogP contribution in [0.1, 0.15) is 19.4 Å². The molecule has 0 unspecified atom stereocenters. The number of rotatable bonds is 4. The van der Waals surface area contributed by atoms with Crippen molar-refractivity contribution in [1.82, 2.24) is 0 Å². The first-order valence-corrected chi connectivity index (χ1v) is 4.69. The quantitative estimate of drug-likeness (QED) is 0.767. The van der Waals surface area contributed by atoms with Gasteiger partial charge >= 0.3 is 0 Å². The second-order valence-electron chi connectivity index (χ2n) is 3.29. The molecule has 1 rings (SSSR count). The average molecular weight is 179 g/mol. The second kappa shape index (κ2) is 4.87. The van der Waals surface area contributed by atoms with Crippen molar-refractivity contribution in [2.24, 2.45) is 5.73 Å². The van der Waals surface area contributed by atoms with Crippen LogP contribution in [0.4, 0.5) is 0 Å². The van der Waals surface area contributed by atoms with Crippen molar-refractivity contribution in [2.75, 3.05) is 6.61 Å². The Morgan fingerprint density at radius 1 is 1.31 bits per heavy atom. The van der Waals surface area contributed by atoms with Gasteiger partial charge in [-0.15, -0.1) is 0 Å². The lowest BCUT2D eigenvalue weighted by atomic mass is 10.2. The molecule has 2 heteroatoms. The Balaban J connectivity index is 2.49. The Kier molecular flexibility index (Phi) is 3.77. The summed E-state index contributed by atoms with van der Waals surface area (Å²) in [5.41, 5.74) is 6.90. The standard InChI is InChI=1S/C11H17NO/c1-3-10-4-6-11(7-5-10)13-8-9(2)12/h4-7,9H,3,8,12H2,1-2H3/t9-/m0/s1. The lowest BCUT2D eigenvalue weighted by Crippen LogP contribution is -2.23. The Morgan fingerprint density at radius 2 is 1.92 bits per heavy atom. The molecule has 72 valence electrons. The summed E-state index contributed by atoms with van der Waals surface area (Å²) >= 11 is 0. The molecule has 0 bridgehead atoms. The van der Waals surface area contributed by atoms with Crippen molar-refractivity contribution in [2.45, 2.75) is 26.3 Å². The number of ether oxygens (including phenoxy) is 1. The van der Waals surface area contributed by atoms with Gasteiger partial charge < -0.3 is 10.5 Å². The Hall–Kier alpha value is -1.02. The summed E-state index contributed by atoms with van der Waals surface area (Å²) < 4.78 is 5.44. The van der Waals surface area contributed by atoms with Gasteiger partial charge in [0.05, 0.1) is 0 Å². The van der Waals surface area contributed by atoms with Crippen molar-refractivity contribution in [1.29, 1.82) is 0 Å². The number of benzene rings is 1. The number of aryl methyl sites for hydroxylation is 1.